The molecule has 0 aliphatic heterocycles. The van der Waals surface area contributed by atoms with E-state index < -0.39 is 0 Å². The van der Waals surface area contributed by atoms with E-state index in [0.29, 0.717) is 0 Å². The Labute approximate surface area is 117 Å². The van der Waals surface area contributed by atoms with Crippen LogP contribution in [0.15, 0.2) is 23.8 Å². The topological polar surface area (TPSA) is 46.9 Å². The quantitative estimate of drug-likeness (QED) is 0.934. The molecule has 19 heavy (non-hydrogen) atoms. The molecule has 5 heteroatoms. The van der Waals surface area contributed by atoms with Gasteiger partial charge in [-0.25, -0.2) is 4.98 Å². The zero-order valence-corrected chi connectivity index (χ0v) is 12.5. The van der Waals surface area contributed by atoms with Crippen LogP contribution >= 0.6 is 11.3 Å². The number of aryl methyl sites for hydroxylation is 2. The largest absolute Gasteiger partial charge is 0.341 e. The van der Waals surface area contributed by atoms with Gasteiger partial charge in [0.05, 0.1) is 10.9 Å². The maximum absolute atomic E-state index is 12.3. The number of carbonyl (C=O) groups excluding carboxylic acids is 1. The Bertz CT molecular complexity index is 571. The van der Waals surface area contributed by atoms with E-state index in [-0.39, 0.29) is 17.9 Å². The summed E-state index contributed by atoms with van der Waals surface area (Å²) in [4.78, 5) is 17.4. The predicted molar refractivity (Wildman–Crippen MR) is 77.3 cm³/mol. The predicted octanol–water partition coefficient (Wildman–Crippen LogP) is 2.92. The van der Waals surface area contributed by atoms with Crippen molar-refractivity contribution in [2.75, 3.05) is 0 Å². The van der Waals surface area contributed by atoms with Crippen LogP contribution in [0.1, 0.15) is 40.9 Å². The molecular formula is C14H19N3OS. The fourth-order valence-corrected chi connectivity index (χ4v) is 2.85. The van der Waals surface area contributed by atoms with Crippen molar-refractivity contribution < 1.29 is 4.79 Å². The van der Waals surface area contributed by atoms with Crippen LogP contribution < -0.4 is 5.32 Å². The summed E-state index contributed by atoms with van der Waals surface area (Å²) in [5.41, 5.74) is 1.02. The van der Waals surface area contributed by atoms with Crippen molar-refractivity contribution in [1.29, 1.82) is 0 Å². The van der Waals surface area contributed by atoms with E-state index in [2.05, 4.69) is 24.1 Å². The Balaban J connectivity index is 2.21. The van der Waals surface area contributed by atoms with Crippen molar-refractivity contribution >= 4 is 17.2 Å². The molecule has 1 N–H and O–H groups in total. The lowest BCUT2D eigenvalue weighted by molar-refractivity contribution is 0.0926. The molecule has 102 valence electrons. The van der Waals surface area contributed by atoms with Crippen molar-refractivity contribution in [2.24, 2.45) is 13.0 Å². The maximum Gasteiger partial charge on any atom is 0.262 e. The lowest BCUT2D eigenvalue weighted by Crippen LogP contribution is -2.33. The Morgan fingerprint density at radius 1 is 1.47 bits per heavy atom. The summed E-state index contributed by atoms with van der Waals surface area (Å²) < 4.78 is 1.95. The second kappa shape index (κ2) is 5.57. The highest BCUT2D eigenvalue weighted by Gasteiger charge is 2.23. The Kier molecular flexibility index (Phi) is 4.04. The highest BCUT2D eigenvalue weighted by Crippen LogP contribution is 2.22. The number of imidazole rings is 1. The number of carbonyl (C=O) groups is 1. The third kappa shape index (κ3) is 2.87. The molecule has 1 atom stereocenters. The first kappa shape index (κ1) is 13.8. The number of thiophene rings is 1. The summed E-state index contributed by atoms with van der Waals surface area (Å²) in [7, 11) is 1.94. The molecule has 0 saturated heterocycles. The lowest BCUT2D eigenvalue weighted by atomic mass is 10.0. The molecule has 2 aromatic rings. The van der Waals surface area contributed by atoms with Crippen molar-refractivity contribution in [3.63, 3.8) is 0 Å². The van der Waals surface area contributed by atoms with E-state index in [9.17, 15) is 4.79 Å². The zero-order valence-electron chi connectivity index (χ0n) is 11.7. The van der Waals surface area contributed by atoms with E-state index >= 15 is 0 Å². The van der Waals surface area contributed by atoms with Gasteiger partial charge in [-0.05, 0) is 29.9 Å². The minimum atomic E-state index is -0.0750. The van der Waals surface area contributed by atoms with Gasteiger partial charge in [-0.15, -0.1) is 11.3 Å². The summed E-state index contributed by atoms with van der Waals surface area (Å²) in [6.07, 6.45) is 3.65. The van der Waals surface area contributed by atoms with Crippen molar-refractivity contribution in [3.05, 3.63) is 40.1 Å². The van der Waals surface area contributed by atoms with E-state index in [0.717, 1.165) is 16.3 Å². The highest BCUT2D eigenvalue weighted by atomic mass is 32.1. The fourth-order valence-electron chi connectivity index (χ4n) is 2.02. The zero-order chi connectivity index (χ0) is 14.0. The van der Waals surface area contributed by atoms with Crippen LogP contribution in [0.25, 0.3) is 0 Å². The number of rotatable bonds is 4. The van der Waals surface area contributed by atoms with Gasteiger partial charge in [0.1, 0.15) is 5.82 Å². The number of nitrogens with one attached hydrogen (secondary N) is 1. The van der Waals surface area contributed by atoms with Crippen LogP contribution in [0.5, 0.6) is 0 Å². The van der Waals surface area contributed by atoms with Crippen LogP contribution in [0.4, 0.5) is 0 Å². The molecule has 4 nitrogen and oxygen atoms in total. The standard InChI is InChI=1S/C14H19N3OS/c1-9(2)11(13-15-6-7-17(13)4)16-14(18)12-10(3)5-8-19-12/h5-9,11H,1-4H3,(H,16,18)/t11-/m0/s1. The van der Waals surface area contributed by atoms with Crippen LogP contribution in [-0.2, 0) is 7.05 Å². The van der Waals surface area contributed by atoms with E-state index in [4.69, 9.17) is 0 Å². The van der Waals surface area contributed by atoms with Gasteiger partial charge in [0.25, 0.3) is 5.91 Å². The second-order valence-corrected chi connectivity index (χ2v) is 5.94. The van der Waals surface area contributed by atoms with E-state index in [1.807, 2.05) is 36.2 Å². The summed E-state index contributed by atoms with van der Waals surface area (Å²) >= 11 is 1.47. The Hall–Kier alpha value is -1.62. The molecule has 0 unspecified atom stereocenters. The second-order valence-electron chi connectivity index (χ2n) is 5.02. The first-order valence-corrected chi connectivity index (χ1v) is 7.21. The molecule has 2 rings (SSSR count). The molecule has 2 heterocycles. The SMILES string of the molecule is Cc1ccsc1C(=O)N[C@H](c1nccn1C)C(C)C. The van der Waals surface area contributed by atoms with Crippen LogP contribution in [0.3, 0.4) is 0 Å². The third-order valence-corrected chi connectivity index (χ3v) is 4.17. The molecular weight excluding hydrogens is 258 g/mol. The van der Waals surface area contributed by atoms with Gasteiger partial charge in [0, 0.05) is 19.4 Å². The average Bonchev–Trinajstić information content (AvgIpc) is 2.94. The molecule has 0 bridgehead atoms. The highest BCUT2D eigenvalue weighted by molar-refractivity contribution is 7.12. The van der Waals surface area contributed by atoms with Gasteiger partial charge in [-0.1, -0.05) is 13.8 Å². The molecule has 0 aliphatic carbocycles. The third-order valence-electron chi connectivity index (χ3n) is 3.16. The minimum Gasteiger partial charge on any atom is -0.341 e. The summed E-state index contributed by atoms with van der Waals surface area (Å²) in [5.74, 6) is 1.15. The lowest BCUT2D eigenvalue weighted by Gasteiger charge is -2.22. The van der Waals surface area contributed by atoms with Crippen molar-refractivity contribution in [2.45, 2.75) is 26.8 Å². The number of hydrogen-bond acceptors (Lipinski definition) is 3. The van der Waals surface area contributed by atoms with Gasteiger partial charge in [0.15, 0.2) is 0 Å². The summed E-state index contributed by atoms with van der Waals surface area (Å²) in [6, 6.07) is 1.89. The molecule has 1 amide bonds. The normalized spacial score (nSPS) is 12.7. The van der Waals surface area contributed by atoms with Crippen molar-refractivity contribution in [3.8, 4) is 0 Å². The Morgan fingerprint density at radius 3 is 2.68 bits per heavy atom. The molecule has 0 aliphatic rings. The minimum absolute atomic E-state index is 0.0193. The number of aromatic nitrogens is 2. The molecule has 0 saturated carbocycles. The number of nitrogens with zero attached hydrogens (tertiary/aromatic N) is 2. The van der Waals surface area contributed by atoms with E-state index in [1.165, 1.54) is 11.3 Å². The van der Waals surface area contributed by atoms with Crippen LogP contribution in [0.2, 0.25) is 0 Å². The number of hydrogen-bond donors (Lipinski definition) is 1. The summed E-state index contributed by atoms with van der Waals surface area (Å²) in [6.45, 7) is 6.12. The van der Waals surface area contributed by atoms with Gasteiger partial charge in [-0.3, -0.25) is 4.79 Å². The molecule has 0 aromatic carbocycles. The van der Waals surface area contributed by atoms with Gasteiger partial charge in [0.2, 0.25) is 0 Å². The average molecular weight is 277 g/mol. The molecule has 0 radical (unpaired) electrons. The maximum atomic E-state index is 12.3. The van der Waals surface area contributed by atoms with Gasteiger partial charge < -0.3 is 9.88 Å². The first-order valence-electron chi connectivity index (χ1n) is 6.33. The summed E-state index contributed by atoms with van der Waals surface area (Å²) in [5, 5.41) is 5.03. The molecule has 0 spiro atoms. The Morgan fingerprint density at radius 2 is 2.21 bits per heavy atom. The van der Waals surface area contributed by atoms with Crippen LogP contribution in [0, 0.1) is 12.8 Å². The van der Waals surface area contributed by atoms with Gasteiger partial charge in [-0.2, -0.15) is 0 Å². The van der Waals surface area contributed by atoms with Gasteiger partial charge >= 0.3 is 0 Å². The number of amides is 1. The van der Waals surface area contributed by atoms with Crippen molar-refractivity contribution in [1.82, 2.24) is 14.9 Å². The first-order chi connectivity index (χ1) is 9.00. The van der Waals surface area contributed by atoms with Crippen LogP contribution in [-0.4, -0.2) is 15.5 Å². The smallest absolute Gasteiger partial charge is 0.262 e. The van der Waals surface area contributed by atoms with E-state index in [1.54, 1.807) is 6.20 Å². The monoisotopic (exact) mass is 277 g/mol. The fraction of sp³-hybridized carbons (Fsp3) is 0.429. The molecule has 0 fully saturated rings. The molecule has 2 aromatic heterocycles.